The van der Waals surface area contributed by atoms with E-state index in [4.69, 9.17) is 0 Å². The Hall–Kier alpha value is -1.92. The maximum Gasteiger partial charge on any atom is 0.353 e. The second kappa shape index (κ2) is 7.75. The van der Waals surface area contributed by atoms with Crippen molar-refractivity contribution < 1.29 is 4.92 Å². The molecule has 1 unspecified atom stereocenters. The van der Waals surface area contributed by atoms with Gasteiger partial charge in [-0.3, -0.25) is 10.1 Å². The topological polar surface area (TPSA) is 84.2 Å². The SMILES string of the molecule is CCCNc1ncnc(N(C)C(C)CC(C)C)c1[N+](=O)[O-]. The van der Waals surface area contributed by atoms with Gasteiger partial charge in [0.15, 0.2) is 0 Å². The zero-order valence-corrected chi connectivity index (χ0v) is 13.5. The number of anilines is 2. The highest BCUT2D eigenvalue weighted by atomic mass is 16.6. The number of nitrogens with zero attached hydrogens (tertiary/aromatic N) is 4. The Morgan fingerprint density at radius 1 is 1.38 bits per heavy atom. The highest BCUT2D eigenvalue weighted by molar-refractivity contribution is 5.70. The monoisotopic (exact) mass is 295 g/mol. The van der Waals surface area contributed by atoms with E-state index in [1.165, 1.54) is 6.33 Å². The Morgan fingerprint density at radius 2 is 2.05 bits per heavy atom. The summed E-state index contributed by atoms with van der Waals surface area (Å²) in [6, 6.07) is 0.164. The lowest BCUT2D eigenvalue weighted by molar-refractivity contribution is -0.383. The number of hydrogen-bond acceptors (Lipinski definition) is 6. The van der Waals surface area contributed by atoms with Crippen LogP contribution < -0.4 is 10.2 Å². The second-order valence-corrected chi connectivity index (χ2v) is 5.67. The Balaban J connectivity index is 3.13. The van der Waals surface area contributed by atoms with Gasteiger partial charge < -0.3 is 10.2 Å². The van der Waals surface area contributed by atoms with Crippen LogP contribution >= 0.6 is 0 Å². The van der Waals surface area contributed by atoms with E-state index in [1.807, 2.05) is 25.8 Å². The van der Waals surface area contributed by atoms with Crippen molar-refractivity contribution in [1.82, 2.24) is 9.97 Å². The number of aromatic nitrogens is 2. The minimum absolute atomic E-state index is 0.0518. The molecule has 0 aliphatic rings. The summed E-state index contributed by atoms with van der Waals surface area (Å²) in [6.45, 7) is 8.95. The predicted molar refractivity (Wildman–Crippen MR) is 84.8 cm³/mol. The lowest BCUT2D eigenvalue weighted by atomic mass is 10.0. The van der Waals surface area contributed by atoms with Crippen LogP contribution in [0.5, 0.6) is 0 Å². The first-order valence-corrected chi connectivity index (χ1v) is 7.34. The first kappa shape index (κ1) is 17.1. The van der Waals surface area contributed by atoms with Crippen LogP contribution in [0.25, 0.3) is 0 Å². The maximum absolute atomic E-state index is 11.4. The number of nitro groups is 1. The molecule has 0 fully saturated rings. The average Bonchev–Trinajstić information content (AvgIpc) is 2.42. The van der Waals surface area contributed by atoms with Crippen LogP contribution in [0.2, 0.25) is 0 Å². The zero-order chi connectivity index (χ0) is 16.0. The molecule has 1 aromatic heterocycles. The number of hydrogen-bond donors (Lipinski definition) is 1. The summed E-state index contributed by atoms with van der Waals surface area (Å²) in [5.41, 5.74) is -0.0518. The molecule has 0 saturated heterocycles. The van der Waals surface area contributed by atoms with Gasteiger partial charge in [-0.2, -0.15) is 0 Å². The molecule has 0 amide bonds. The van der Waals surface area contributed by atoms with Gasteiger partial charge >= 0.3 is 5.69 Å². The molecule has 0 bridgehead atoms. The summed E-state index contributed by atoms with van der Waals surface area (Å²) >= 11 is 0. The fourth-order valence-corrected chi connectivity index (χ4v) is 2.22. The molecule has 0 aromatic carbocycles. The van der Waals surface area contributed by atoms with Crippen LogP contribution in [0.4, 0.5) is 17.3 Å². The molecule has 1 rings (SSSR count). The van der Waals surface area contributed by atoms with Crippen molar-refractivity contribution >= 4 is 17.3 Å². The van der Waals surface area contributed by atoms with Crippen LogP contribution in [-0.2, 0) is 0 Å². The van der Waals surface area contributed by atoms with E-state index in [0.29, 0.717) is 18.3 Å². The van der Waals surface area contributed by atoms with Gasteiger partial charge in [0.2, 0.25) is 11.6 Å². The molecule has 7 heteroatoms. The summed E-state index contributed by atoms with van der Waals surface area (Å²) in [7, 11) is 1.84. The van der Waals surface area contributed by atoms with Gasteiger partial charge in [-0.05, 0) is 25.7 Å². The third kappa shape index (κ3) is 4.54. The normalized spacial score (nSPS) is 12.3. The summed E-state index contributed by atoms with van der Waals surface area (Å²) in [6.07, 6.45) is 3.18. The smallest absolute Gasteiger partial charge is 0.353 e. The van der Waals surface area contributed by atoms with Gasteiger partial charge in [-0.1, -0.05) is 20.8 Å². The Labute approximate surface area is 125 Å². The molecule has 0 radical (unpaired) electrons. The van der Waals surface area contributed by atoms with Crippen LogP contribution in [-0.4, -0.2) is 34.5 Å². The fraction of sp³-hybridized carbons (Fsp3) is 0.714. The molecule has 118 valence electrons. The molecule has 7 nitrogen and oxygen atoms in total. The molecule has 0 aliphatic carbocycles. The summed E-state index contributed by atoms with van der Waals surface area (Å²) < 4.78 is 0. The average molecular weight is 295 g/mol. The molecule has 0 saturated carbocycles. The Kier molecular flexibility index (Phi) is 6.33. The van der Waals surface area contributed by atoms with Crippen LogP contribution in [0, 0.1) is 16.0 Å². The minimum atomic E-state index is -0.411. The van der Waals surface area contributed by atoms with E-state index in [1.54, 1.807) is 0 Å². The van der Waals surface area contributed by atoms with Gasteiger partial charge in [0.1, 0.15) is 6.33 Å². The van der Waals surface area contributed by atoms with E-state index >= 15 is 0 Å². The van der Waals surface area contributed by atoms with Crippen LogP contribution in [0.1, 0.15) is 40.5 Å². The quantitative estimate of drug-likeness (QED) is 0.586. The molecule has 1 atom stereocenters. The lowest BCUT2D eigenvalue weighted by Gasteiger charge is -2.27. The lowest BCUT2D eigenvalue weighted by Crippen LogP contribution is -2.31. The van der Waals surface area contributed by atoms with Crippen LogP contribution in [0.15, 0.2) is 6.33 Å². The third-order valence-electron chi connectivity index (χ3n) is 3.34. The van der Waals surface area contributed by atoms with Crippen molar-refractivity contribution in [3.63, 3.8) is 0 Å². The van der Waals surface area contributed by atoms with Crippen molar-refractivity contribution in [2.24, 2.45) is 5.92 Å². The van der Waals surface area contributed by atoms with E-state index in [2.05, 4.69) is 29.1 Å². The highest BCUT2D eigenvalue weighted by Crippen LogP contribution is 2.32. The maximum atomic E-state index is 11.4. The van der Waals surface area contributed by atoms with Gasteiger partial charge in [-0.15, -0.1) is 0 Å². The van der Waals surface area contributed by atoms with E-state index in [9.17, 15) is 10.1 Å². The molecule has 21 heavy (non-hydrogen) atoms. The molecule has 1 aromatic rings. The summed E-state index contributed by atoms with van der Waals surface area (Å²) in [4.78, 5) is 21.0. The first-order valence-electron chi connectivity index (χ1n) is 7.34. The van der Waals surface area contributed by atoms with E-state index < -0.39 is 4.92 Å². The third-order valence-corrected chi connectivity index (χ3v) is 3.34. The summed E-state index contributed by atoms with van der Waals surface area (Å²) in [5.74, 6) is 1.17. The molecular weight excluding hydrogens is 270 g/mol. The van der Waals surface area contributed by atoms with Gasteiger partial charge in [0.05, 0.1) is 4.92 Å². The second-order valence-electron chi connectivity index (χ2n) is 5.67. The fourth-order valence-electron chi connectivity index (χ4n) is 2.22. The van der Waals surface area contributed by atoms with Crippen molar-refractivity contribution in [1.29, 1.82) is 0 Å². The zero-order valence-electron chi connectivity index (χ0n) is 13.5. The van der Waals surface area contributed by atoms with Gasteiger partial charge in [0, 0.05) is 19.6 Å². The van der Waals surface area contributed by atoms with Gasteiger partial charge in [-0.25, -0.2) is 9.97 Å². The standard InChI is InChI=1S/C14H25N5O2/c1-6-7-15-13-12(19(20)21)14(17-9-16-13)18(5)11(4)8-10(2)3/h9-11H,6-8H2,1-5H3,(H,15,16,17). The van der Waals surface area contributed by atoms with Gasteiger partial charge in [0.25, 0.3) is 0 Å². The predicted octanol–water partition coefficient (Wildman–Crippen LogP) is 3.08. The molecule has 1 heterocycles. The Bertz CT molecular complexity index is 478. The molecular formula is C14H25N5O2. The first-order chi connectivity index (χ1) is 9.88. The van der Waals surface area contributed by atoms with E-state index in [-0.39, 0.29) is 17.5 Å². The van der Waals surface area contributed by atoms with Crippen LogP contribution in [0.3, 0.4) is 0 Å². The number of nitrogens with one attached hydrogen (secondary N) is 1. The van der Waals surface area contributed by atoms with E-state index in [0.717, 1.165) is 12.8 Å². The van der Waals surface area contributed by atoms with Crippen molar-refractivity contribution in [3.05, 3.63) is 16.4 Å². The molecule has 0 aliphatic heterocycles. The van der Waals surface area contributed by atoms with Crippen molar-refractivity contribution in [2.45, 2.75) is 46.6 Å². The van der Waals surface area contributed by atoms with Crippen molar-refractivity contribution in [2.75, 3.05) is 23.8 Å². The largest absolute Gasteiger partial charge is 0.364 e. The molecule has 0 spiro atoms. The number of rotatable bonds is 8. The highest BCUT2D eigenvalue weighted by Gasteiger charge is 2.27. The minimum Gasteiger partial charge on any atom is -0.364 e. The molecule has 1 N–H and O–H groups in total. The Morgan fingerprint density at radius 3 is 2.57 bits per heavy atom. The summed E-state index contributed by atoms with van der Waals surface area (Å²) in [5, 5.41) is 14.4. The van der Waals surface area contributed by atoms with Crippen molar-refractivity contribution in [3.8, 4) is 0 Å².